The molecule has 1 fully saturated rings. The highest BCUT2D eigenvalue weighted by molar-refractivity contribution is 5.85. The molecule has 1 N–H and O–H groups in total. The SMILES string of the molecule is CCOCCOCc1cccc(CNC(=O)CN2CCCCC2=O)c1. The molecule has 0 bridgehead atoms. The van der Waals surface area contributed by atoms with Crippen molar-refractivity contribution in [1.29, 1.82) is 0 Å². The zero-order chi connectivity index (χ0) is 17.9. The molecule has 2 amide bonds. The molecule has 0 unspecified atom stereocenters. The lowest BCUT2D eigenvalue weighted by Crippen LogP contribution is -2.42. The van der Waals surface area contributed by atoms with Gasteiger partial charge in [-0.15, -0.1) is 0 Å². The maximum atomic E-state index is 12.0. The number of nitrogens with one attached hydrogen (secondary N) is 1. The number of amides is 2. The average Bonchev–Trinajstić information content (AvgIpc) is 2.62. The van der Waals surface area contributed by atoms with Gasteiger partial charge in [-0.05, 0) is 30.9 Å². The highest BCUT2D eigenvalue weighted by atomic mass is 16.5. The largest absolute Gasteiger partial charge is 0.379 e. The van der Waals surface area contributed by atoms with Gasteiger partial charge in [0.25, 0.3) is 0 Å². The minimum atomic E-state index is -0.117. The second-order valence-electron chi connectivity index (χ2n) is 6.12. The molecule has 25 heavy (non-hydrogen) atoms. The predicted molar refractivity (Wildman–Crippen MR) is 94.9 cm³/mol. The molecule has 0 radical (unpaired) electrons. The van der Waals surface area contributed by atoms with Gasteiger partial charge in [0, 0.05) is 26.1 Å². The molecule has 1 aliphatic rings. The normalized spacial score (nSPS) is 14.6. The van der Waals surface area contributed by atoms with Crippen molar-refractivity contribution in [2.24, 2.45) is 0 Å². The first-order valence-electron chi connectivity index (χ1n) is 8.97. The quantitative estimate of drug-likeness (QED) is 0.656. The second kappa shape index (κ2) is 10.8. The number of carbonyl (C=O) groups is 2. The van der Waals surface area contributed by atoms with Gasteiger partial charge in [-0.2, -0.15) is 0 Å². The number of piperidine rings is 1. The second-order valence-corrected chi connectivity index (χ2v) is 6.12. The van der Waals surface area contributed by atoms with Crippen molar-refractivity contribution in [2.45, 2.75) is 39.3 Å². The number of carbonyl (C=O) groups excluding carboxylic acids is 2. The lowest BCUT2D eigenvalue weighted by molar-refractivity contribution is -0.137. The molecular formula is C19H28N2O4. The smallest absolute Gasteiger partial charge is 0.239 e. The monoisotopic (exact) mass is 348 g/mol. The molecule has 0 saturated carbocycles. The van der Waals surface area contributed by atoms with E-state index >= 15 is 0 Å². The third kappa shape index (κ3) is 7.23. The summed E-state index contributed by atoms with van der Waals surface area (Å²) in [5.41, 5.74) is 2.08. The molecule has 1 heterocycles. The molecule has 0 atom stereocenters. The van der Waals surface area contributed by atoms with Gasteiger partial charge < -0.3 is 19.7 Å². The molecule has 138 valence electrons. The van der Waals surface area contributed by atoms with Crippen LogP contribution in [0.4, 0.5) is 0 Å². The van der Waals surface area contributed by atoms with E-state index < -0.39 is 0 Å². The molecule has 6 nitrogen and oxygen atoms in total. The van der Waals surface area contributed by atoms with Gasteiger partial charge in [0.2, 0.25) is 11.8 Å². The van der Waals surface area contributed by atoms with Crippen LogP contribution in [-0.2, 0) is 32.2 Å². The van der Waals surface area contributed by atoms with E-state index in [4.69, 9.17) is 9.47 Å². The van der Waals surface area contributed by atoms with E-state index in [2.05, 4.69) is 5.32 Å². The van der Waals surface area contributed by atoms with E-state index in [1.165, 1.54) is 0 Å². The zero-order valence-corrected chi connectivity index (χ0v) is 15.0. The van der Waals surface area contributed by atoms with E-state index in [1.807, 2.05) is 31.2 Å². The number of hydrogen-bond donors (Lipinski definition) is 1. The van der Waals surface area contributed by atoms with Gasteiger partial charge in [0.15, 0.2) is 0 Å². The van der Waals surface area contributed by atoms with Crippen LogP contribution in [0.3, 0.4) is 0 Å². The molecule has 0 spiro atoms. The standard InChI is InChI=1S/C19H28N2O4/c1-2-24-10-11-25-15-17-7-5-6-16(12-17)13-20-18(22)14-21-9-4-3-8-19(21)23/h5-7,12H,2-4,8-11,13-15H2,1H3,(H,20,22). The fraction of sp³-hybridized carbons (Fsp3) is 0.579. The molecule has 1 aromatic carbocycles. The molecule has 0 aromatic heterocycles. The minimum absolute atomic E-state index is 0.0765. The Morgan fingerprint density at radius 3 is 2.80 bits per heavy atom. The summed E-state index contributed by atoms with van der Waals surface area (Å²) in [6.07, 6.45) is 2.46. The Morgan fingerprint density at radius 2 is 2.00 bits per heavy atom. The predicted octanol–water partition coefficient (Wildman–Crippen LogP) is 1.87. The highest BCUT2D eigenvalue weighted by Crippen LogP contribution is 2.10. The summed E-state index contributed by atoms with van der Waals surface area (Å²) in [7, 11) is 0. The summed E-state index contributed by atoms with van der Waals surface area (Å²) >= 11 is 0. The summed E-state index contributed by atoms with van der Waals surface area (Å²) in [6, 6.07) is 7.94. The third-order valence-electron chi connectivity index (χ3n) is 4.08. The van der Waals surface area contributed by atoms with Crippen molar-refractivity contribution >= 4 is 11.8 Å². The number of benzene rings is 1. The Balaban J connectivity index is 1.71. The van der Waals surface area contributed by atoms with Crippen LogP contribution in [0.5, 0.6) is 0 Å². The number of hydrogen-bond acceptors (Lipinski definition) is 4. The van der Waals surface area contributed by atoms with Gasteiger partial charge in [0.05, 0.1) is 26.4 Å². The Kier molecular flexibility index (Phi) is 8.42. The van der Waals surface area contributed by atoms with Gasteiger partial charge in [0.1, 0.15) is 0 Å². The van der Waals surface area contributed by atoms with Crippen LogP contribution >= 0.6 is 0 Å². The summed E-state index contributed by atoms with van der Waals surface area (Å²) < 4.78 is 10.8. The maximum absolute atomic E-state index is 12.0. The third-order valence-corrected chi connectivity index (χ3v) is 4.08. The Labute approximate surface area is 149 Å². The maximum Gasteiger partial charge on any atom is 0.239 e. The average molecular weight is 348 g/mol. The summed E-state index contributed by atoms with van der Waals surface area (Å²) in [4.78, 5) is 25.4. The molecule has 0 aliphatic carbocycles. The Hall–Kier alpha value is -1.92. The number of rotatable bonds is 10. The van der Waals surface area contributed by atoms with Crippen molar-refractivity contribution < 1.29 is 19.1 Å². The van der Waals surface area contributed by atoms with Crippen molar-refractivity contribution in [3.8, 4) is 0 Å². The first kappa shape index (κ1) is 19.4. The van der Waals surface area contributed by atoms with Crippen LogP contribution in [0.2, 0.25) is 0 Å². The minimum Gasteiger partial charge on any atom is -0.379 e. The fourth-order valence-electron chi connectivity index (χ4n) is 2.74. The van der Waals surface area contributed by atoms with E-state index in [0.717, 1.165) is 24.0 Å². The fourth-order valence-corrected chi connectivity index (χ4v) is 2.74. The molecule has 2 rings (SSSR count). The van der Waals surface area contributed by atoms with Gasteiger partial charge >= 0.3 is 0 Å². The zero-order valence-electron chi connectivity index (χ0n) is 15.0. The van der Waals surface area contributed by atoms with Crippen LogP contribution in [0.1, 0.15) is 37.3 Å². The summed E-state index contributed by atoms with van der Waals surface area (Å²) in [5.74, 6) is -0.0405. The lowest BCUT2D eigenvalue weighted by Gasteiger charge is -2.25. The number of nitrogens with zero attached hydrogens (tertiary/aromatic N) is 1. The first-order chi connectivity index (χ1) is 12.2. The molecule has 1 aromatic rings. The first-order valence-corrected chi connectivity index (χ1v) is 8.97. The summed E-state index contributed by atoms with van der Waals surface area (Å²) in [5, 5.41) is 2.88. The Bertz CT molecular complexity index is 562. The van der Waals surface area contributed by atoms with Crippen molar-refractivity contribution in [1.82, 2.24) is 10.2 Å². The van der Waals surface area contributed by atoms with E-state index in [9.17, 15) is 9.59 Å². The molecule has 1 aliphatic heterocycles. The van der Waals surface area contributed by atoms with E-state index in [0.29, 0.717) is 45.9 Å². The van der Waals surface area contributed by atoms with E-state index in [-0.39, 0.29) is 18.4 Å². The van der Waals surface area contributed by atoms with E-state index in [1.54, 1.807) is 4.90 Å². The lowest BCUT2D eigenvalue weighted by atomic mass is 10.1. The van der Waals surface area contributed by atoms with Crippen LogP contribution in [0, 0.1) is 0 Å². The molecular weight excluding hydrogens is 320 g/mol. The number of likely N-dealkylation sites (tertiary alicyclic amines) is 1. The van der Waals surface area contributed by atoms with Gasteiger partial charge in [-0.3, -0.25) is 9.59 Å². The van der Waals surface area contributed by atoms with Gasteiger partial charge in [-0.25, -0.2) is 0 Å². The van der Waals surface area contributed by atoms with Crippen LogP contribution in [0.15, 0.2) is 24.3 Å². The van der Waals surface area contributed by atoms with Gasteiger partial charge in [-0.1, -0.05) is 24.3 Å². The summed E-state index contributed by atoms with van der Waals surface area (Å²) in [6.45, 7) is 5.63. The highest BCUT2D eigenvalue weighted by Gasteiger charge is 2.20. The van der Waals surface area contributed by atoms with Crippen LogP contribution in [-0.4, -0.2) is 49.6 Å². The molecule has 1 saturated heterocycles. The topological polar surface area (TPSA) is 67.9 Å². The number of ether oxygens (including phenoxy) is 2. The van der Waals surface area contributed by atoms with Crippen LogP contribution < -0.4 is 5.32 Å². The van der Waals surface area contributed by atoms with Crippen molar-refractivity contribution in [3.05, 3.63) is 35.4 Å². The van der Waals surface area contributed by atoms with Crippen molar-refractivity contribution in [2.75, 3.05) is 32.9 Å². The van der Waals surface area contributed by atoms with Crippen LogP contribution in [0.25, 0.3) is 0 Å². The Morgan fingerprint density at radius 1 is 1.20 bits per heavy atom. The van der Waals surface area contributed by atoms with Crippen molar-refractivity contribution in [3.63, 3.8) is 0 Å². The molecule has 6 heteroatoms.